The van der Waals surface area contributed by atoms with Crippen LogP contribution in [0.3, 0.4) is 0 Å². The monoisotopic (exact) mass is 361 g/mol. The Morgan fingerprint density at radius 3 is 2.64 bits per heavy atom. The lowest BCUT2D eigenvalue weighted by molar-refractivity contribution is -0.161. The quantitative estimate of drug-likeness (QED) is 0.610. The highest BCUT2D eigenvalue weighted by Crippen LogP contribution is 2.49. The lowest BCUT2D eigenvalue weighted by atomic mass is 9.78. The maximum Gasteiger partial charge on any atom is 0.408 e. The molecule has 1 aromatic heterocycles. The average molecular weight is 361 g/mol. The third kappa shape index (κ3) is 2.30. The zero-order chi connectivity index (χ0) is 17.7. The number of piperidine rings is 1. The fourth-order valence-corrected chi connectivity index (χ4v) is 4.98. The van der Waals surface area contributed by atoms with E-state index in [1.165, 1.54) is 16.7 Å². The molecule has 1 unspecified atom stereocenters. The van der Waals surface area contributed by atoms with Gasteiger partial charge in [-0.1, -0.05) is 0 Å². The van der Waals surface area contributed by atoms with E-state index in [4.69, 9.17) is 0 Å². The van der Waals surface area contributed by atoms with E-state index in [0.717, 1.165) is 15.4 Å². The second-order valence-corrected chi connectivity index (χ2v) is 7.21. The number of aromatic nitrogens is 1. The van der Waals surface area contributed by atoms with Crippen LogP contribution in [-0.2, 0) is 9.59 Å². The molecule has 3 aliphatic heterocycles. The summed E-state index contributed by atoms with van der Waals surface area (Å²) < 4.78 is 0. The van der Waals surface area contributed by atoms with Gasteiger partial charge in [-0.05, 0) is 24.1 Å². The first-order valence-electron chi connectivity index (χ1n) is 7.82. The first-order chi connectivity index (χ1) is 12.0. The van der Waals surface area contributed by atoms with Crippen molar-refractivity contribution < 1.29 is 24.6 Å². The molecule has 2 N–H and O–H groups in total. The third-order valence-electron chi connectivity index (χ3n) is 5.03. The summed E-state index contributed by atoms with van der Waals surface area (Å²) in [6, 6.07) is 2.55. The highest BCUT2D eigenvalue weighted by Gasteiger charge is 2.64. The summed E-state index contributed by atoms with van der Waals surface area (Å²) in [5.41, 5.74) is 0.755. The molecule has 8 nitrogen and oxygen atoms in total. The SMILES string of the molecule is O=C(O)C1=C(CSc2ccncc2)C2CCN(C(=O)O)[C@@H]3C(=O)N1[C@H]23. The Balaban J connectivity index is 1.63. The number of hydrogen-bond donors (Lipinski definition) is 2. The van der Waals surface area contributed by atoms with Crippen LogP contribution in [0.25, 0.3) is 0 Å². The molecule has 130 valence electrons. The predicted molar refractivity (Wildman–Crippen MR) is 86.9 cm³/mol. The molecule has 2 amide bonds. The van der Waals surface area contributed by atoms with Gasteiger partial charge in [0.25, 0.3) is 5.91 Å². The zero-order valence-corrected chi connectivity index (χ0v) is 13.8. The van der Waals surface area contributed by atoms with E-state index in [1.807, 2.05) is 12.1 Å². The van der Waals surface area contributed by atoms with E-state index in [9.17, 15) is 24.6 Å². The Labute approximate surface area is 147 Å². The molecule has 4 rings (SSSR count). The minimum absolute atomic E-state index is 0.0324. The normalized spacial score (nSPS) is 27.2. The molecule has 2 saturated heterocycles. The molecule has 0 saturated carbocycles. The summed E-state index contributed by atoms with van der Waals surface area (Å²) in [6.45, 7) is 0.247. The number of thioether (sulfide) groups is 1. The molecule has 4 heterocycles. The topological polar surface area (TPSA) is 111 Å². The van der Waals surface area contributed by atoms with E-state index in [1.54, 1.807) is 12.4 Å². The van der Waals surface area contributed by atoms with Gasteiger partial charge in [-0.3, -0.25) is 19.6 Å². The van der Waals surface area contributed by atoms with Crippen LogP contribution < -0.4 is 0 Å². The lowest BCUT2D eigenvalue weighted by Gasteiger charge is -2.52. The molecule has 25 heavy (non-hydrogen) atoms. The number of hydrogen-bond acceptors (Lipinski definition) is 5. The summed E-state index contributed by atoms with van der Waals surface area (Å²) in [5.74, 6) is -1.21. The standard InChI is InChI=1S/C16H15N3O5S/c20-14-13-11-9(3-6-18(13)16(23)24)10(12(15(21)22)19(11)14)7-25-8-1-4-17-5-2-8/h1-2,4-5,9,11,13H,3,6-7H2,(H,21,22)(H,23,24)/t9?,11-,13+/m1/s1. The van der Waals surface area contributed by atoms with Crippen LogP contribution in [0.2, 0.25) is 0 Å². The van der Waals surface area contributed by atoms with Gasteiger partial charge in [-0.25, -0.2) is 9.59 Å². The molecule has 0 aliphatic carbocycles. The third-order valence-corrected chi connectivity index (χ3v) is 6.09. The van der Waals surface area contributed by atoms with Crippen LogP contribution in [0, 0.1) is 5.92 Å². The highest BCUT2D eigenvalue weighted by molar-refractivity contribution is 7.99. The lowest BCUT2D eigenvalue weighted by Crippen LogP contribution is -2.73. The van der Waals surface area contributed by atoms with Crippen LogP contribution in [-0.4, -0.2) is 67.3 Å². The Morgan fingerprint density at radius 1 is 1.28 bits per heavy atom. The Bertz CT molecular complexity index is 796. The Hall–Kier alpha value is -2.55. The second kappa shape index (κ2) is 5.76. The summed E-state index contributed by atoms with van der Waals surface area (Å²) in [6.07, 6.45) is 2.73. The number of rotatable bonds is 4. The largest absolute Gasteiger partial charge is 0.477 e. The average Bonchev–Trinajstić information content (AvgIpc) is 2.92. The van der Waals surface area contributed by atoms with Crippen molar-refractivity contribution in [2.75, 3.05) is 12.3 Å². The van der Waals surface area contributed by atoms with Gasteiger partial charge in [0, 0.05) is 35.5 Å². The van der Waals surface area contributed by atoms with Crippen molar-refractivity contribution in [3.63, 3.8) is 0 Å². The van der Waals surface area contributed by atoms with Crippen molar-refractivity contribution in [1.82, 2.24) is 14.8 Å². The number of nitrogens with zero attached hydrogens (tertiary/aromatic N) is 3. The number of carboxylic acid groups (broad SMARTS) is 2. The minimum atomic E-state index is -1.13. The number of carbonyl (C=O) groups excluding carboxylic acids is 1. The Kier molecular flexibility index (Phi) is 3.68. The summed E-state index contributed by atoms with van der Waals surface area (Å²) >= 11 is 1.49. The number of likely N-dealkylation sites (tertiary alicyclic amines) is 1. The smallest absolute Gasteiger partial charge is 0.408 e. The van der Waals surface area contributed by atoms with E-state index in [0.29, 0.717) is 12.2 Å². The summed E-state index contributed by atoms with van der Waals surface area (Å²) in [4.78, 5) is 42.9. The molecule has 0 radical (unpaired) electrons. The van der Waals surface area contributed by atoms with Gasteiger partial charge >= 0.3 is 12.1 Å². The molecule has 3 atom stereocenters. The number of aliphatic carboxylic acids is 1. The zero-order valence-electron chi connectivity index (χ0n) is 13.0. The van der Waals surface area contributed by atoms with Crippen LogP contribution >= 0.6 is 11.8 Å². The van der Waals surface area contributed by atoms with E-state index < -0.39 is 24.0 Å². The summed E-state index contributed by atoms with van der Waals surface area (Å²) in [5, 5.41) is 18.9. The van der Waals surface area contributed by atoms with Crippen molar-refractivity contribution in [2.45, 2.75) is 23.4 Å². The fraction of sp³-hybridized carbons (Fsp3) is 0.375. The highest BCUT2D eigenvalue weighted by atomic mass is 32.2. The maximum absolute atomic E-state index is 12.4. The van der Waals surface area contributed by atoms with Crippen molar-refractivity contribution in [1.29, 1.82) is 0 Å². The molecule has 3 aliphatic rings. The second-order valence-electron chi connectivity index (χ2n) is 6.17. The van der Waals surface area contributed by atoms with Gasteiger partial charge < -0.3 is 10.2 Å². The Morgan fingerprint density at radius 2 is 2.00 bits per heavy atom. The van der Waals surface area contributed by atoms with Crippen molar-refractivity contribution in [2.24, 2.45) is 5.92 Å². The number of pyridine rings is 1. The number of β-lactam (4-membered cyclic amide) rings is 1. The van der Waals surface area contributed by atoms with Gasteiger partial charge in [0.2, 0.25) is 0 Å². The molecule has 0 spiro atoms. The van der Waals surface area contributed by atoms with Crippen molar-refractivity contribution in [3.05, 3.63) is 35.8 Å². The van der Waals surface area contributed by atoms with E-state index >= 15 is 0 Å². The van der Waals surface area contributed by atoms with Crippen LogP contribution in [0.1, 0.15) is 6.42 Å². The van der Waals surface area contributed by atoms with Gasteiger partial charge in [0.1, 0.15) is 11.7 Å². The molecular weight excluding hydrogens is 346 g/mol. The van der Waals surface area contributed by atoms with Crippen LogP contribution in [0.5, 0.6) is 0 Å². The molecule has 0 bridgehead atoms. The maximum atomic E-state index is 12.4. The first-order valence-corrected chi connectivity index (χ1v) is 8.81. The summed E-state index contributed by atoms with van der Waals surface area (Å²) in [7, 11) is 0. The van der Waals surface area contributed by atoms with Gasteiger partial charge in [0.05, 0.1) is 6.04 Å². The fourth-order valence-electron chi connectivity index (χ4n) is 4.00. The molecule has 1 aromatic rings. The van der Waals surface area contributed by atoms with Gasteiger partial charge in [-0.2, -0.15) is 0 Å². The van der Waals surface area contributed by atoms with Gasteiger partial charge in [0.15, 0.2) is 0 Å². The van der Waals surface area contributed by atoms with Gasteiger partial charge in [-0.15, -0.1) is 11.8 Å². The number of amides is 2. The number of carbonyl (C=O) groups is 3. The molecule has 0 aromatic carbocycles. The van der Waals surface area contributed by atoms with E-state index in [2.05, 4.69) is 4.98 Å². The molecule has 9 heteroatoms. The van der Waals surface area contributed by atoms with Crippen molar-refractivity contribution in [3.8, 4) is 0 Å². The van der Waals surface area contributed by atoms with Crippen molar-refractivity contribution >= 4 is 29.7 Å². The number of carboxylic acids is 1. The van der Waals surface area contributed by atoms with E-state index in [-0.39, 0.29) is 24.2 Å². The first kappa shape index (κ1) is 15.9. The van der Waals surface area contributed by atoms with Crippen LogP contribution in [0.15, 0.2) is 40.7 Å². The van der Waals surface area contributed by atoms with Crippen LogP contribution in [0.4, 0.5) is 4.79 Å². The molecular formula is C16H15N3O5S. The predicted octanol–water partition coefficient (Wildman–Crippen LogP) is 1.11. The molecule has 2 fully saturated rings. The minimum Gasteiger partial charge on any atom is -0.477 e.